The second kappa shape index (κ2) is 9.13. The second-order valence-corrected chi connectivity index (χ2v) is 5.70. The summed E-state index contributed by atoms with van der Waals surface area (Å²) in [5, 5.41) is 6.65. The molecule has 1 fully saturated rings. The number of ether oxygens (including phenoxy) is 1. The zero-order valence-electron chi connectivity index (χ0n) is 12.1. The number of halogens is 2. The van der Waals surface area contributed by atoms with Crippen LogP contribution in [0.15, 0.2) is 24.3 Å². The van der Waals surface area contributed by atoms with E-state index in [0.29, 0.717) is 23.9 Å². The highest BCUT2D eigenvalue weighted by Gasteiger charge is 2.20. The lowest BCUT2D eigenvalue weighted by atomic mass is 10.3. The van der Waals surface area contributed by atoms with E-state index in [4.69, 9.17) is 16.3 Å². The fourth-order valence-corrected chi connectivity index (χ4v) is 2.03. The van der Waals surface area contributed by atoms with Crippen molar-refractivity contribution in [2.75, 3.05) is 19.6 Å². The maximum Gasteiger partial charge on any atom is 0.234 e. The molecule has 118 valence electrons. The summed E-state index contributed by atoms with van der Waals surface area (Å²) in [7, 11) is 0. The van der Waals surface area contributed by atoms with Gasteiger partial charge in [0, 0.05) is 5.02 Å². The van der Waals surface area contributed by atoms with Gasteiger partial charge in [0.15, 0.2) is 0 Å². The standard InChI is InChI=1S/C15H21ClN2O2.ClH/c1-11(20-14-4-2-3-13(16)7-14)8-18-15(19)10-17-9-12-5-6-12;/h2-4,7,11-12,17H,5-6,8-10H2,1H3,(H,18,19);1H. The van der Waals surface area contributed by atoms with Gasteiger partial charge >= 0.3 is 0 Å². The Morgan fingerprint density at radius 2 is 2.24 bits per heavy atom. The summed E-state index contributed by atoms with van der Waals surface area (Å²) in [6, 6.07) is 7.25. The smallest absolute Gasteiger partial charge is 0.234 e. The summed E-state index contributed by atoms with van der Waals surface area (Å²) in [5.41, 5.74) is 0. The molecule has 1 aromatic carbocycles. The van der Waals surface area contributed by atoms with Gasteiger partial charge < -0.3 is 15.4 Å². The summed E-state index contributed by atoms with van der Waals surface area (Å²) >= 11 is 5.89. The van der Waals surface area contributed by atoms with Crippen molar-refractivity contribution in [1.82, 2.24) is 10.6 Å². The average molecular weight is 333 g/mol. The summed E-state index contributed by atoms with van der Waals surface area (Å²) in [4.78, 5) is 11.6. The molecule has 1 aliphatic rings. The van der Waals surface area contributed by atoms with E-state index in [-0.39, 0.29) is 24.4 Å². The Morgan fingerprint density at radius 3 is 2.90 bits per heavy atom. The molecule has 1 saturated carbocycles. The number of rotatable bonds is 8. The summed E-state index contributed by atoms with van der Waals surface area (Å²) in [5.74, 6) is 1.51. The Balaban J connectivity index is 0.00000220. The van der Waals surface area contributed by atoms with E-state index in [0.717, 1.165) is 12.5 Å². The zero-order valence-corrected chi connectivity index (χ0v) is 13.7. The van der Waals surface area contributed by atoms with Crippen molar-refractivity contribution in [3.05, 3.63) is 29.3 Å². The molecule has 2 N–H and O–H groups in total. The van der Waals surface area contributed by atoms with Crippen molar-refractivity contribution < 1.29 is 9.53 Å². The molecule has 0 aliphatic heterocycles. The summed E-state index contributed by atoms with van der Waals surface area (Å²) in [6.07, 6.45) is 2.49. The number of benzene rings is 1. The molecule has 0 aromatic heterocycles. The molecule has 0 bridgehead atoms. The van der Waals surface area contributed by atoms with Gasteiger partial charge in [-0.05, 0) is 50.4 Å². The first-order valence-electron chi connectivity index (χ1n) is 7.03. The molecule has 2 rings (SSSR count). The van der Waals surface area contributed by atoms with Gasteiger partial charge in [-0.25, -0.2) is 0 Å². The van der Waals surface area contributed by atoms with Gasteiger partial charge in [0.25, 0.3) is 0 Å². The molecule has 1 aromatic rings. The molecule has 1 amide bonds. The molecule has 1 unspecified atom stereocenters. The molecule has 0 spiro atoms. The molecule has 1 aliphatic carbocycles. The number of carbonyl (C=O) groups excluding carboxylic acids is 1. The van der Waals surface area contributed by atoms with Gasteiger partial charge in [-0.3, -0.25) is 4.79 Å². The largest absolute Gasteiger partial charge is 0.489 e. The third-order valence-electron chi connectivity index (χ3n) is 3.14. The van der Waals surface area contributed by atoms with E-state index in [1.165, 1.54) is 12.8 Å². The molecular weight excluding hydrogens is 311 g/mol. The van der Waals surface area contributed by atoms with Gasteiger partial charge in [0.1, 0.15) is 11.9 Å². The zero-order chi connectivity index (χ0) is 14.4. The van der Waals surface area contributed by atoms with Crippen LogP contribution in [0.4, 0.5) is 0 Å². The second-order valence-electron chi connectivity index (χ2n) is 5.26. The number of nitrogens with one attached hydrogen (secondary N) is 2. The minimum absolute atomic E-state index is 0. The van der Waals surface area contributed by atoms with Crippen LogP contribution < -0.4 is 15.4 Å². The Morgan fingerprint density at radius 1 is 1.48 bits per heavy atom. The van der Waals surface area contributed by atoms with Gasteiger partial charge in [-0.2, -0.15) is 0 Å². The van der Waals surface area contributed by atoms with Crippen molar-refractivity contribution in [2.45, 2.75) is 25.9 Å². The number of amides is 1. The minimum Gasteiger partial charge on any atom is -0.489 e. The van der Waals surface area contributed by atoms with Gasteiger partial charge in [0.2, 0.25) is 5.91 Å². The molecule has 0 heterocycles. The third kappa shape index (κ3) is 7.55. The maximum atomic E-state index is 11.6. The molecule has 0 radical (unpaired) electrons. The Hall–Kier alpha value is -0.970. The van der Waals surface area contributed by atoms with Crippen LogP contribution in [-0.2, 0) is 4.79 Å². The van der Waals surface area contributed by atoms with Crippen LogP contribution in [0.1, 0.15) is 19.8 Å². The third-order valence-corrected chi connectivity index (χ3v) is 3.37. The molecular formula is C15H22Cl2N2O2. The van der Waals surface area contributed by atoms with E-state index in [1.807, 2.05) is 19.1 Å². The molecule has 0 saturated heterocycles. The lowest BCUT2D eigenvalue weighted by Crippen LogP contribution is -2.39. The highest BCUT2D eigenvalue weighted by molar-refractivity contribution is 6.30. The molecule has 1 atom stereocenters. The average Bonchev–Trinajstić information content (AvgIpc) is 3.20. The van der Waals surface area contributed by atoms with E-state index in [1.54, 1.807) is 12.1 Å². The SMILES string of the molecule is CC(CNC(=O)CNCC1CC1)Oc1cccc(Cl)c1.Cl. The fourth-order valence-electron chi connectivity index (χ4n) is 1.85. The van der Waals surface area contributed by atoms with Crippen LogP contribution in [-0.4, -0.2) is 31.6 Å². The van der Waals surface area contributed by atoms with E-state index in [2.05, 4.69) is 10.6 Å². The lowest BCUT2D eigenvalue weighted by Gasteiger charge is -2.15. The van der Waals surface area contributed by atoms with Gasteiger partial charge in [-0.15, -0.1) is 12.4 Å². The monoisotopic (exact) mass is 332 g/mol. The number of carbonyl (C=O) groups is 1. The van der Waals surface area contributed by atoms with E-state index >= 15 is 0 Å². The quantitative estimate of drug-likeness (QED) is 0.769. The molecule has 6 heteroatoms. The Kier molecular flexibility index (Phi) is 7.86. The van der Waals surface area contributed by atoms with Crippen LogP contribution in [0.2, 0.25) is 5.02 Å². The van der Waals surface area contributed by atoms with Crippen LogP contribution in [0.5, 0.6) is 5.75 Å². The van der Waals surface area contributed by atoms with Crippen LogP contribution in [0.25, 0.3) is 0 Å². The van der Waals surface area contributed by atoms with E-state index < -0.39 is 0 Å². The van der Waals surface area contributed by atoms with Crippen molar-refractivity contribution >= 4 is 29.9 Å². The van der Waals surface area contributed by atoms with Crippen LogP contribution in [0.3, 0.4) is 0 Å². The van der Waals surface area contributed by atoms with E-state index in [9.17, 15) is 4.79 Å². The lowest BCUT2D eigenvalue weighted by molar-refractivity contribution is -0.120. The van der Waals surface area contributed by atoms with Crippen LogP contribution in [0, 0.1) is 5.92 Å². The first-order chi connectivity index (χ1) is 9.63. The highest BCUT2D eigenvalue weighted by Crippen LogP contribution is 2.27. The fraction of sp³-hybridized carbons (Fsp3) is 0.533. The molecule has 21 heavy (non-hydrogen) atoms. The van der Waals surface area contributed by atoms with Gasteiger partial charge in [-0.1, -0.05) is 17.7 Å². The molecule has 4 nitrogen and oxygen atoms in total. The van der Waals surface area contributed by atoms with Crippen molar-refractivity contribution in [2.24, 2.45) is 5.92 Å². The number of hydrogen-bond acceptors (Lipinski definition) is 3. The van der Waals surface area contributed by atoms with Crippen molar-refractivity contribution in [1.29, 1.82) is 0 Å². The minimum atomic E-state index is -0.0964. The highest BCUT2D eigenvalue weighted by atomic mass is 35.5. The van der Waals surface area contributed by atoms with Crippen molar-refractivity contribution in [3.8, 4) is 5.75 Å². The summed E-state index contributed by atoms with van der Waals surface area (Å²) in [6.45, 7) is 3.72. The predicted molar refractivity (Wildman–Crippen MR) is 87.4 cm³/mol. The Bertz CT molecular complexity index is 453. The topological polar surface area (TPSA) is 50.4 Å². The summed E-state index contributed by atoms with van der Waals surface area (Å²) < 4.78 is 5.68. The van der Waals surface area contributed by atoms with Crippen LogP contribution >= 0.6 is 24.0 Å². The Labute approximate surface area is 137 Å². The number of hydrogen-bond donors (Lipinski definition) is 2. The predicted octanol–water partition coefficient (Wildman–Crippen LogP) is 2.64. The van der Waals surface area contributed by atoms with Crippen molar-refractivity contribution in [3.63, 3.8) is 0 Å². The first-order valence-corrected chi connectivity index (χ1v) is 7.41. The first kappa shape index (κ1) is 18.1. The maximum absolute atomic E-state index is 11.6. The van der Waals surface area contributed by atoms with Gasteiger partial charge in [0.05, 0.1) is 13.1 Å². The normalized spacial score (nSPS) is 15.0.